The van der Waals surface area contributed by atoms with Crippen LogP contribution in [0, 0.1) is 5.92 Å². The van der Waals surface area contributed by atoms with E-state index in [-0.39, 0.29) is 0 Å². The lowest BCUT2D eigenvalue weighted by Crippen LogP contribution is -2.17. The molecule has 1 fully saturated rings. The molecule has 1 aromatic rings. The molecule has 0 aliphatic carbocycles. The summed E-state index contributed by atoms with van der Waals surface area (Å²) in [5, 5.41) is 2.75. The number of benzene rings is 1. The predicted octanol–water partition coefficient (Wildman–Crippen LogP) is 5.91. The van der Waals surface area contributed by atoms with E-state index in [4.69, 9.17) is 4.74 Å². The Kier molecular flexibility index (Phi) is 16.3. The second kappa shape index (κ2) is 16.8. The molecule has 1 unspecified atom stereocenters. The lowest BCUT2D eigenvalue weighted by molar-refractivity contribution is 0.235. The van der Waals surface area contributed by atoms with Crippen LogP contribution in [0.15, 0.2) is 29.2 Å². The summed E-state index contributed by atoms with van der Waals surface area (Å²) < 4.78 is 5.96. The quantitative estimate of drug-likeness (QED) is 0.604. The fourth-order valence-electron chi connectivity index (χ4n) is 2.82. The first kappa shape index (κ1) is 24.3. The van der Waals surface area contributed by atoms with Crippen molar-refractivity contribution in [3.8, 4) is 5.75 Å². The van der Waals surface area contributed by atoms with E-state index >= 15 is 0 Å². The van der Waals surface area contributed by atoms with Crippen LogP contribution < -0.4 is 10.1 Å². The van der Waals surface area contributed by atoms with Crippen molar-refractivity contribution in [3.05, 3.63) is 24.3 Å². The Labute approximate surface area is 160 Å². The highest BCUT2D eigenvalue weighted by molar-refractivity contribution is 7.96. The van der Waals surface area contributed by atoms with Crippen LogP contribution >= 0.6 is 0 Å². The van der Waals surface area contributed by atoms with E-state index < -0.39 is 0 Å². The van der Waals surface area contributed by atoms with E-state index in [0.717, 1.165) is 12.4 Å². The lowest BCUT2D eigenvalue weighted by Gasteiger charge is -2.16. The summed E-state index contributed by atoms with van der Waals surface area (Å²) in [6.45, 7) is 9.38. The average Bonchev–Trinajstić information content (AvgIpc) is 2.68. The molecule has 1 heterocycles. The van der Waals surface area contributed by atoms with E-state index in [0.29, 0.717) is 16.8 Å². The van der Waals surface area contributed by atoms with Crippen molar-refractivity contribution in [2.75, 3.05) is 32.2 Å². The molecule has 0 radical (unpaired) electrons. The molecule has 1 N–H and O–H groups in total. The number of rotatable bonds is 7. The standard InChI is InChI=1S/C18H29OS.C2H7N.C2H6/c1-3-8-16(4-2)15-19-17-9-11-18(12-10-17)20-13-6-5-7-14-20;1-3-2;1-2/h9-12,16H,3-8,13-15H2,1-2H3;3H,1-2H3;1-2H3/q+1;;. The lowest BCUT2D eigenvalue weighted by atomic mass is 10.0. The summed E-state index contributed by atoms with van der Waals surface area (Å²) in [4.78, 5) is 1.54. The molecule has 0 aromatic heterocycles. The van der Waals surface area contributed by atoms with Gasteiger partial charge in [-0.1, -0.05) is 40.5 Å². The third-order valence-corrected chi connectivity index (χ3v) is 6.70. The number of hydrogen-bond acceptors (Lipinski definition) is 2. The molecular formula is C22H42NOS+. The van der Waals surface area contributed by atoms with E-state index in [9.17, 15) is 0 Å². The maximum absolute atomic E-state index is 5.96. The van der Waals surface area contributed by atoms with Gasteiger partial charge in [-0.05, 0) is 70.0 Å². The fourth-order valence-corrected chi connectivity index (χ4v) is 5.12. The van der Waals surface area contributed by atoms with Gasteiger partial charge in [0.25, 0.3) is 0 Å². The van der Waals surface area contributed by atoms with Gasteiger partial charge in [0.2, 0.25) is 0 Å². The molecule has 3 heteroatoms. The van der Waals surface area contributed by atoms with Gasteiger partial charge in [-0.25, -0.2) is 0 Å². The van der Waals surface area contributed by atoms with Crippen molar-refractivity contribution < 1.29 is 4.74 Å². The minimum absolute atomic E-state index is 0.511. The van der Waals surface area contributed by atoms with Crippen LogP contribution in [0.5, 0.6) is 5.75 Å². The first-order valence-electron chi connectivity index (χ1n) is 10.2. The van der Waals surface area contributed by atoms with Crippen molar-refractivity contribution in [3.63, 3.8) is 0 Å². The molecule has 0 bridgehead atoms. The van der Waals surface area contributed by atoms with Crippen LogP contribution in [0.3, 0.4) is 0 Å². The Balaban J connectivity index is 0.00000104. The van der Waals surface area contributed by atoms with Crippen molar-refractivity contribution in [1.82, 2.24) is 5.32 Å². The Bertz CT molecular complexity index is 388. The van der Waals surface area contributed by atoms with E-state index in [1.165, 1.54) is 54.9 Å². The van der Waals surface area contributed by atoms with Gasteiger partial charge in [0.1, 0.15) is 17.3 Å². The highest BCUT2D eigenvalue weighted by atomic mass is 32.2. The smallest absolute Gasteiger partial charge is 0.155 e. The summed E-state index contributed by atoms with van der Waals surface area (Å²) in [5.74, 6) is 4.55. The fraction of sp³-hybridized carbons (Fsp3) is 0.727. The van der Waals surface area contributed by atoms with Gasteiger partial charge in [-0.2, -0.15) is 0 Å². The topological polar surface area (TPSA) is 21.3 Å². The minimum Gasteiger partial charge on any atom is -0.493 e. The van der Waals surface area contributed by atoms with Gasteiger partial charge in [0.15, 0.2) is 4.90 Å². The number of hydrogen-bond donors (Lipinski definition) is 1. The molecule has 0 spiro atoms. The SMILES string of the molecule is CC.CCCC(CC)COc1ccc([S+]2CCCCC2)cc1.CNC. The summed E-state index contributed by atoms with van der Waals surface area (Å²) in [6, 6.07) is 8.94. The molecule has 146 valence electrons. The summed E-state index contributed by atoms with van der Waals surface area (Å²) in [5.41, 5.74) is 0. The minimum atomic E-state index is 0.511. The zero-order chi connectivity index (χ0) is 18.9. The molecule has 0 amide bonds. The molecular weight excluding hydrogens is 326 g/mol. The van der Waals surface area contributed by atoms with Gasteiger partial charge >= 0.3 is 0 Å². The summed E-state index contributed by atoms with van der Waals surface area (Å²) in [7, 11) is 4.26. The van der Waals surface area contributed by atoms with Gasteiger partial charge < -0.3 is 10.1 Å². The van der Waals surface area contributed by atoms with Crippen molar-refractivity contribution in [2.45, 2.75) is 71.1 Å². The van der Waals surface area contributed by atoms with Gasteiger partial charge in [0, 0.05) is 10.9 Å². The first-order valence-corrected chi connectivity index (χ1v) is 11.8. The average molecular weight is 369 g/mol. The summed E-state index contributed by atoms with van der Waals surface area (Å²) >= 11 is 0. The Morgan fingerprint density at radius 2 is 1.56 bits per heavy atom. The van der Waals surface area contributed by atoms with Gasteiger partial charge in [-0.15, -0.1) is 0 Å². The molecule has 1 atom stereocenters. The van der Waals surface area contributed by atoms with E-state index in [1.54, 1.807) is 0 Å². The molecule has 0 saturated carbocycles. The van der Waals surface area contributed by atoms with Gasteiger partial charge in [-0.3, -0.25) is 0 Å². The van der Waals surface area contributed by atoms with E-state index in [2.05, 4.69) is 43.4 Å². The molecule has 25 heavy (non-hydrogen) atoms. The third-order valence-electron chi connectivity index (χ3n) is 4.20. The monoisotopic (exact) mass is 368 g/mol. The zero-order valence-electron chi connectivity index (χ0n) is 17.6. The molecule has 1 aromatic carbocycles. The van der Waals surface area contributed by atoms with Crippen molar-refractivity contribution in [2.24, 2.45) is 5.92 Å². The van der Waals surface area contributed by atoms with Crippen LogP contribution in [0.2, 0.25) is 0 Å². The van der Waals surface area contributed by atoms with Gasteiger partial charge in [0.05, 0.1) is 6.61 Å². The molecule has 2 rings (SSSR count). The maximum atomic E-state index is 5.96. The molecule has 1 saturated heterocycles. The van der Waals surface area contributed by atoms with E-state index in [1.807, 2.05) is 27.9 Å². The highest BCUT2D eigenvalue weighted by Crippen LogP contribution is 2.24. The Hall–Kier alpha value is -0.670. The number of ether oxygens (including phenoxy) is 1. The Morgan fingerprint density at radius 3 is 2.04 bits per heavy atom. The molecule has 1 aliphatic heterocycles. The third kappa shape index (κ3) is 10.8. The normalized spacial score (nSPS) is 15.3. The maximum Gasteiger partial charge on any atom is 0.155 e. The summed E-state index contributed by atoms with van der Waals surface area (Å²) in [6.07, 6.45) is 8.00. The zero-order valence-corrected chi connectivity index (χ0v) is 18.4. The van der Waals surface area contributed by atoms with Crippen LogP contribution in [-0.4, -0.2) is 32.2 Å². The van der Waals surface area contributed by atoms with Crippen LogP contribution in [-0.2, 0) is 10.9 Å². The Morgan fingerprint density at radius 1 is 1.00 bits per heavy atom. The van der Waals surface area contributed by atoms with Crippen LogP contribution in [0.25, 0.3) is 0 Å². The highest BCUT2D eigenvalue weighted by Gasteiger charge is 2.24. The van der Waals surface area contributed by atoms with Crippen molar-refractivity contribution in [1.29, 1.82) is 0 Å². The number of nitrogens with one attached hydrogen (secondary N) is 1. The first-order chi connectivity index (χ1) is 12.2. The second-order valence-corrected chi connectivity index (χ2v) is 8.58. The van der Waals surface area contributed by atoms with Crippen LogP contribution in [0.1, 0.15) is 66.2 Å². The van der Waals surface area contributed by atoms with Crippen molar-refractivity contribution >= 4 is 10.9 Å². The van der Waals surface area contributed by atoms with Crippen LogP contribution in [0.4, 0.5) is 0 Å². The molecule has 2 nitrogen and oxygen atoms in total. The molecule has 1 aliphatic rings. The predicted molar refractivity (Wildman–Crippen MR) is 116 cm³/mol. The largest absolute Gasteiger partial charge is 0.493 e. The second-order valence-electron chi connectivity index (χ2n) is 6.31.